The van der Waals surface area contributed by atoms with E-state index in [-0.39, 0.29) is 5.69 Å². The van der Waals surface area contributed by atoms with Crippen LogP contribution in [0.3, 0.4) is 0 Å². The van der Waals surface area contributed by atoms with E-state index < -0.39 is 26.6 Å². The molecule has 0 aliphatic rings. The molecule has 2 aromatic carbocycles. The van der Waals surface area contributed by atoms with Crippen LogP contribution in [0, 0.1) is 18.6 Å². The summed E-state index contributed by atoms with van der Waals surface area (Å²) in [5.74, 6) is -0.0738. The molecule has 4 aromatic rings. The van der Waals surface area contributed by atoms with Crippen molar-refractivity contribution >= 4 is 15.7 Å². The Hall–Kier alpha value is -3.79. The first kappa shape index (κ1) is 20.5. The molecular formula is C21H16F2N4O3S. The van der Waals surface area contributed by atoms with Crippen molar-refractivity contribution < 1.29 is 21.9 Å². The van der Waals surface area contributed by atoms with Gasteiger partial charge < -0.3 is 9.30 Å². The second kappa shape index (κ2) is 8.15. The molecule has 0 unspecified atom stereocenters. The summed E-state index contributed by atoms with van der Waals surface area (Å²) in [5.41, 5.74) is 0.198. The number of nitrogens with one attached hydrogen (secondary N) is 1. The third kappa shape index (κ3) is 4.86. The number of aryl methyl sites for hydroxylation is 1. The minimum Gasteiger partial charge on any atom is -0.439 e. The molecule has 10 heteroatoms. The second-order valence-corrected chi connectivity index (χ2v) is 8.22. The average molecular weight is 442 g/mol. The Morgan fingerprint density at radius 1 is 0.935 bits per heavy atom. The smallest absolute Gasteiger partial charge is 0.262 e. The van der Waals surface area contributed by atoms with Crippen molar-refractivity contribution in [3.8, 4) is 17.4 Å². The van der Waals surface area contributed by atoms with Gasteiger partial charge in [0.25, 0.3) is 10.0 Å². The van der Waals surface area contributed by atoms with Gasteiger partial charge in [0.05, 0.1) is 4.90 Å². The normalized spacial score (nSPS) is 11.3. The van der Waals surface area contributed by atoms with Gasteiger partial charge >= 0.3 is 0 Å². The molecule has 0 fully saturated rings. The number of sulfonamides is 1. The fourth-order valence-electron chi connectivity index (χ4n) is 2.81. The zero-order valence-electron chi connectivity index (χ0n) is 16.2. The third-order valence-corrected chi connectivity index (χ3v) is 5.51. The first-order chi connectivity index (χ1) is 14.8. The van der Waals surface area contributed by atoms with Crippen molar-refractivity contribution in [3.63, 3.8) is 0 Å². The lowest BCUT2D eigenvalue weighted by atomic mass is 10.3. The SMILES string of the molecule is Cc1nc(Oc2ccc(NS(=O)(=O)c3cc(F)cc(F)c3)cc2)cc(-n2cccc2)n1. The highest BCUT2D eigenvalue weighted by molar-refractivity contribution is 7.92. The molecule has 0 bridgehead atoms. The standard InChI is InChI=1S/C21H16F2N4O3S/c1-14-24-20(27-8-2-3-9-27)13-21(25-14)30-18-6-4-17(5-7-18)26-31(28,29)19-11-15(22)10-16(23)12-19/h2-13,26H,1H3. The van der Waals surface area contributed by atoms with Gasteiger partial charge in [-0.25, -0.2) is 22.2 Å². The number of anilines is 1. The number of rotatable bonds is 6. The Kier molecular flexibility index (Phi) is 5.38. The largest absolute Gasteiger partial charge is 0.439 e. The van der Waals surface area contributed by atoms with E-state index in [2.05, 4.69) is 14.7 Å². The van der Waals surface area contributed by atoms with Gasteiger partial charge in [-0.3, -0.25) is 4.72 Å². The molecule has 0 aliphatic heterocycles. The van der Waals surface area contributed by atoms with Crippen LogP contribution in [0.2, 0.25) is 0 Å². The monoisotopic (exact) mass is 442 g/mol. The van der Waals surface area contributed by atoms with Gasteiger partial charge in [-0.05, 0) is 55.5 Å². The zero-order valence-corrected chi connectivity index (χ0v) is 17.0. The highest BCUT2D eigenvalue weighted by Crippen LogP contribution is 2.25. The molecule has 0 saturated carbocycles. The van der Waals surface area contributed by atoms with Gasteiger partial charge in [0.15, 0.2) is 0 Å². The average Bonchev–Trinajstić information content (AvgIpc) is 3.23. The van der Waals surface area contributed by atoms with E-state index >= 15 is 0 Å². The molecule has 158 valence electrons. The van der Waals surface area contributed by atoms with Crippen LogP contribution in [-0.2, 0) is 10.0 Å². The van der Waals surface area contributed by atoms with E-state index in [1.807, 2.05) is 29.1 Å². The number of aromatic nitrogens is 3. The van der Waals surface area contributed by atoms with Crippen molar-refractivity contribution in [3.05, 3.63) is 90.5 Å². The third-order valence-electron chi connectivity index (χ3n) is 4.15. The Morgan fingerprint density at radius 3 is 2.23 bits per heavy atom. The predicted molar refractivity (Wildman–Crippen MR) is 110 cm³/mol. The molecule has 0 atom stereocenters. The van der Waals surface area contributed by atoms with Crippen LogP contribution >= 0.6 is 0 Å². The van der Waals surface area contributed by atoms with E-state index in [0.717, 1.165) is 12.1 Å². The van der Waals surface area contributed by atoms with Crippen LogP contribution in [0.1, 0.15) is 5.82 Å². The van der Waals surface area contributed by atoms with E-state index in [4.69, 9.17) is 4.74 Å². The molecule has 0 radical (unpaired) electrons. The van der Waals surface area contributed by atoms with Crippen molar-refractivity contribution in [2.24, 2.45) is 0 Å². The molecule has 31 heavy (non-hydrogen) atoms. The molecule has 0 spiro atoms. The maximum absolute atomic E-state index is 13.3. The molecule has 0 aliphatic carbocycles. The molecule has 0 amide bonds. The van der Waals surface area contributed by atoms with E-state index in [1.54, 1.807) is 13.0 Å². The summed E-state index contributed by atoms with van der Waals surface area (Å²) in [4.78, 5) is 8.09. The first-order valence-electron chi connectivity index (χ1n) is 9.04. The predicted octanol–water partition coefficient (Wildman–Crippen LogP) is 4.45. The number of hydrogen-bond donors (Lipinski definition) is 1. The number of nitrogens with zero attached hydrogens (tertiary/aromatic N) is 3. The van der Waals surface area contributed by atoms with Gasteiger partial charge in [-0.2, -0.15) is 4.98 Å². The van der Waals surface area contributed by atoms with Crippen LogP contribution in [0.15, 0.2) is 78.0 Å². The summed E-state index contributed by atoms with van der Waals surface area (Å²) in [6, 6.07) is 13.5. The lowest BCUT2D eigenvalue weighted by molar-refractivity contribution is 0.459. The lowest BCUT2D eigenvalue weighted by Gasteiger charge is -2.11. The summed E-state index contributed by atoms with van der Waals surface area (Å²) in [7, 11) is -4.16. The van der Waals surface area contributed by atoms with Crippen LogP contribution < -0.4 is 9.46 Å². The Labute approximate surface area is 177 Å². The number of ether oxygens (including phenoxy) is 1. The zero-order chi connectivity index (χ0) is 22.0. The Morgan fingerprint density at radius 2 is 1.58 bits per heavy atom. The maximum Gasteiger partial charge on any atom is 0.262 e. The second-order valence-electron chi connectivity index (χ2n) is 6.54. The molecule has 0 saturated heterocycles. The van der Waals surface area contributed by atoms with Crippen molar-refractivity contribution in [2.75, 3.05) is 4.72 Å². The fourth-order valence-corrected chi connectivity index (χ4v) is 3.91. The van der Waals surface area contributed by atoms with Crippen LogP contribution in [-0.4, -0.2) is 23.0 Å². The molecular weight excluding hydrogens is 426 g/mol. The number of benzene rings is 2. The maximum atomic E-state index is 13.3. The lowest BCUT2D eigenvalue weighted by Crippen LogP contribution is -2.13. The van der Waals surface area contributed by atoms with Gasteiger partial charge in [0, 0.05) is 30.2 Å². The molecule has 7 nitrogen and oxygen atoms in total. The Balaban J connectivity index is 1.51. The summed E-state index contributed by atoms with van der Waals surface area (Å²) in [6.45, 7) is 1.74. The van der Waals surface area contributed by atoms with Crippen LogP contribution in [0.4, 0.5) is 14.5 Å². The van der Waals surface area contributed by atoms with Crippen LogP contribution in [0.5, 0.6) is 11.6 Å². The summed E-state index contributed by atoms with van der Waals surface area (Å²) in [6.07, 6.45) is 3.69. The van der Waals surface area contributed by atoms with Crippen molar-refractivity contribution in [1.29, 1.82) is 0 Å². The molecule has 2 heterocycles. The van der Waals surface area contributed by atoms with Gasteiger partial charge in [-0.1, -0.05) is 0 Å². The van der Waals surface area contributed by atoms with Gasteiger partial charge in [0.2, 0.25) is 5.88 Å². The van der Waals surface area contributed by atoms with Crippen molar-refractivity contribution in [1.82, 2.24) is 14.5 Å². The van der Waals surface area contributed by atoms with E-state index in [9.17, 15) is 17.2 Å². The number of halogens is 2. The minimum atomic E-state index is -4.16. The summed E-state index contributed by atoms with van der Waals surface area (Å²) in [5, 5.41) is 0. The quantitative estimate of drug-likeness (QED) is 0.477. The molecule has 2 aromatic heterocycles. The summed E-state index contributed by atoms with van der Waals surface area (Å²) >= 11 is 0. The van der Waals surface area contributed by atoms with Gasteiger partial charge in [-0.15, -0.1) is 0 Å². The summed E-state index contributed by atoms with van der Waals surface area (Å²) < 4.78 is 61.3. The number of hydrogen-bond acceptors (Lipinski definition) is 5. The molecule has 1 N–H and O–H groups in total. The van der Waals surface area contributed by atoms with Crippen LogP contribution in [0.25, 0.3) is 5.82 Å². The van der Waals surface area contributed by atoms with E-state index in [1.165, 1.54) is 24.3 Å². The minimum absolute atomic E-state index is 0.198. The topological polar surface area (TPSA) is 86.1 Å². The highest BCUT2D eigenvalue weighted by atomic mass is 32.2. The Bertz CT molecular complexity index is 1310. The van der Waals surface area contributed by atoms with Crippen molar-refractivity contribution in [2.45, 2.75) is 11.8 Å². The van der Waals surface area contributed by atoms with E-state index in [0.29, 0.717) is 29.3 Å². The fraction of sp³-hybridized carbons (Fsp3) is 0.0476. The molecule has 4 rings (SSSR count). The first-order valence-corrected chi connectivity index (χ1v) is 10.5. The van der Waals surface area contributed by atoms with Gasteiger partial charge in [0.1, 0.15) is 29.0 Å². The highest BCUT2D eigenvalue weighted by Gasteiger charge is 2.17.